The van der Waals surface area contributed by atoms with E-state index in [1.54, 1.807) is 6.92 Å². The van der Waals surface area contributed by atoms with E-state index >= 15 is 0 Å². The summed E-state index contributed by atoms with van der Waals surface area (Å²) < 4.78 is 10.1. The summed E-state index contributed by atoms with van der Waals surface area (Å²) in [5.41, 5.74) is 0. The van der Waals surface area contributed by atoms with E-state index in [2.05, 4.69) is 6.92 Å². The van der Waals surface area contributed by atoms with Gasteiger partial charge in [-0.15, -0.1) is 0 Å². The van der Waals surface area contributed by atoms with Crippen molar-refractivity contribution in [3.8, 4) is 0 Å². The molecule has 0 saturated heterocycles. The molecule has 1 unspecified atom stereocenters. The molecule has 0 aromatic rings. The van der Waals surface area contributed by atoms with Crippen LogP contribution in [0.15, 0.2) is 0 Å². The zero-order valence-electron chi connectivity index (χ0n) is 12.7. The minimum Gasteiger partial charge on any atom is -0.466 e. The normalized spacial score (nSPS) is 12.3. The van der Waals surface area contributed by atoms with Gasteiger partial charge in [0.25, 0.3) is 0 Å². The van der Waals surface area contributed by atoms with Crippen LogP contribution < -0.4 is 0 Å². The second-order valence-corrected chi connectivity index (χ2v) is 5.23. The Labute approximate surface area is 116 Å². The summed E-state index contributed by atoms with van der Waals surface area (Å²) in [5.74, 6) is -0.629. The van der Waals surface area contributed by atoms with Crippen LogP contribution in [-0.4, -0.2) is 25.2 Å². The Balaban J connectivity index is 4.29. The van der Waals surface area contributed by atoms with Crippen LogP contribution in [0.5, 0.6) is 0 Å². The number of rotatable bonds is 10. The van der Waals surface area contributed by atoms with Crippen LogP contribution in [0.3, 0.4) is 0 Å². The second kappa shape index (κ2) is 10.8. The smallest absolute Gasteiger partial charge is 0.309 e. The molecule has 0 aliphatic carbocycles. The fraction of sp³-hybridized carbons (Fsp3) is 0.867. The van der Waals surface area contributed by atoms with Crippen molar-refractivity contribution in [1.82, 2.24) is 0 Å². The summed E-state index contributed by atoms with van der Waals surface area (Å²) in [5, 5.41) is 0. The monoisotopic (exact) mass is 272 g/mol. The van der Waals surface area contributed by atoms with Gasteiger partial charge in [-0.1, -0.05) is 40.0 Å². The molecule has 0 aromatic heterocycles. The first-order chi connectivity index (χ1) is 9.01. The van der Waals surface area contributed by atoms with Gasteiger partial charge in [0.15, 0.2) is 0 Å². The molecule has 0 fully saturated rings. The van der Waals surface area contributed by atoms with E-state index < -0.39 is 0 Å². The molecule has 112 valence electrons. The number of unbranched alkanes of at least 4 members (excludes halogenated alkanes) is 2. The van der Waals surface area contributed by atoms with Crippen molar-refractivity contribution >= 4 is 11.9 Å². The minimum absolute atomic E-state index is 0.133. The lowest BCUT2D eigenvalue weighted by Gasteiger charge is -2.16. The maximum absolute atomic E-state index is 12.0. The molecule has 4 nitrogen and oxygen atoms in total. The van der Waals surface area contributed by atoms with Crippen molar-refractivity contribution in [2.24, 2.45) is 11.8 Å². The summed E-state index contributed by atoms with van der Waals surface area (Å²) in [6, 6.07) is 0. The lowest BCUT2D eigenvalue weighted by Crippen LogP contribution is -2.23. The SMILES string of the molecule is CCCCCC(CC(=O)OCC)C(=O)OCC(C)C. The Bertz CT molecular complexity index is 261. The number of carbonyl (C=O) groups is 2. The molecule has 0 aliphatic rings. The molecule has 4 heteroatoms. The van der Waals surface area contributed by atoms with Crippen molar-refractivity contribution in [1.29, 1.82) is 0 Å². The number of hydrogen-bond acceptors (Lipinski definition) is 4. The standard InChI is InChI=1S/C15H28O4/c1-5-7-8-9-13(10-14(16)18-6-2)15(17)19-11-12(3)4/h12-13H,5-11H2,1-4H3. The molecule has 0 rings (SSSR count). The topological polar surface area (TPSA) is 52.6 Å². The maximum Gasteiger partial charge on any atom is 0.309 e. The Morgan fingerprint density at radius 3 is 2.26 bits per heavy atom. The summed E-state index contributed by atoms with van der Waals surface area (Å²) in [7, 11) is 0. The Morgan fingerprint density at radius 1 is 1.05 bits per heavy atom. The Morgan fingerprint density at radius 2 is 1.74 bits per heavy atom. The Hall–Kier alpha value is -1.06. The van der Waals surface area contributed by atoms with Crippen molar-refractivity contribution < 1.29 is 19.1 Å². The van der Waals surface area contributed by atoms with E-state index in [9.17, 15) is 9.59 Å². The highest BCUT2D eigenvalue weighted by Gasteiger charge is 2.23. The van der Waals surface area contributed by atoms with E-state index in [1.165, 1.54) is 0 Å². The van der Waals surface area contributed by atoms with Gasteiger partial charge in [-0.3, -0.25) is 9.59 Å². The van der Waals surface area contributed by atoms with Crippen molar-refractivity contribution in [2.75, 3.05) is 13.2 Å². The van der Waals surface area contributed by atoms with Gasteiger partial charge in [0.2, 0.25) is 0 Å². The van der Waals surface area contributed by atoms with Crippen LogP contribution in [0, 0.1) is 11.8 Å². The predicted octanol–water partition coefficient (Wildman–Crippen LogP) is 3.34. The highest BCUT2D eigenvalue weighted by Crippen LogP contribution is 2.17. The van der Waals surface area contributed by atoms with E-state index in [0.29, 0.717) is 25.6 Å². The molecule has 0 radical (unpaired) electrons. The minimum atomic E-state index is -0.357. The number of hydrogen-bond donors (Lipinski definition) is 0. The molecule has 0 saturated carbocycles. The van der Waals surface area contributed by atoms with Crippen LogP contribution in [0.25, 0.3) is 0 Å². The molecule has 0 heterocycles. The quantitative estimate of drug-likeness (QED) is 0.452. The van der Waals surface area contributed by atoms with E-state index in [4.69, 9.17) is 9.47 Å². The molecule has 0 bridgehead atoms. The molecule has 0 aromatic carbocycles. The van der Waals surface area contributed by atoms with Gasteiger partial charge in [0.1, 0.15) is 0 Å². The first-order valence-corrected chi connectivity index (χ1v) is 7.33. The first-order valence-electron chi connectivity index (χ1n) is 7.33. The number of esters is 2. The molecule has 19 heavy (non-hydrogen) atoms. The van der Waals surface area contributed by atoms with Gasteiger partial charge < -0.3 is 9.47 Å². The third kappa shape index (κ3) is 9.51. The van der Waals surface area contributed by atoms with Crippen LogP contribution in [0.4, 0.5) is 0 Å². The molecule has 1 atom stereocenters. The van der Waals surface area contributed by atoms with Gasteiger partial charge in [-0.05, 0) is 19.3 Å². The lowest BCUT2D eigenvalue weighted by molar-refractivity contribution is -0.156. The van der Waals surface area contributed by atoms with E-state index in [1.807, 2.05) is 13.8 Å². The second-order valence-electron chi connectivity index (χ2n) is 5.23. The number of ether oxygens (including phenoxy) is 2. The van der Waals surface area contributed by atoms with Crippen molar-refractivity contribution in [3.05, 3.63) is 0 Å². The molecule has 0 spiro atoms. The maximum atomic E-state index is 12.0. The fourth-order valence-electron chi connectivity index (χ4n) is 1.73. The third-order valence-corrected chi connectivity index (χ3v) is 2.77. The summed E-state index contributed by atoms with van der Waals surface area (Å²) in [6.07, 6.45) is 3.93. The van der Waals surface area contributed by atoms with Gasteiger partial charge >= 0.3 is 11.9 Å². The van der Waals surface area contributed by atoms with Crippen LogP contribution >= 0.6 is 0 Å². The molecular formula is C15H28O4. The largest absolute Gasteiger partial charge is 0.466 e. The lowest BCUT2D eigenvalue weighted by atomic mass is 9.98. The van der Waals surface area contributed by atoms with Crippen molar-refractivity contribution in [2.45, 2.75) is 59.8 Å². The first kappa shape index (κ1) is 17.9. The van der Waals surface area contributed by atoms with Gasteiger partial charge in [0.05, 0.1) is 25.6 Å². The average molecular weight is 272 g/mol. The summed E-state index contributed by atoms with van der Waals surface area (Å²) in [4.78, 5) is 23.5. The van der Waals surface area contributed by atoms with E-state index in [0.717, 1.165) is 19.3 Å². The van der Waals surface area contributed by atoms with Crippen LogP contribution in [0.1, 0.15) is 59.8 Å². The summed E-state index contributed by atoms with van der Waals surface area (Å²) >= 11 is 0. The predicted molar refractivity (Wildman–Crippen MR) is 74.7 cm³/mol. The van der Waals surface area contributed by atoms with Gasteiger partial charge in [0, 0.05) is 0 Å². The molecule has 0 N–H and O–H groups in total. The van der Waals surface area contributed by atoms with E-state index in [-0.39, 0.29) is 24.3 Å². The van der Waals surface area contributed by atoms with Gasteiger partial charge in [-0.2, -0.15) is 0 Å². The number of carbonyl (C=O) groups excluding carboxylic acids is 2. The van der Waals surface area contributed by atoms with Crippen molar-refractivity contribution in [3.63, 3.8) is 0 Å². The molecule has 0 amide bonds. The molecule has 0 aliphatic heterocycles. The third-order valence-electron chi connectivity index (χ3n) is 2.77. The Kier molecular flexibility index (Phi) is 10.2. The average Bonchev–Trinajstić information content (AvgIpc) is 2.35. The highest BCUT2D eigenvalue weighted by molar-refractivity contribution is 5.79. The van der Waals surface area contributed by atoms with Crippen LogP contribution in [0.2, 0.25) is 0 Å². The van der Waals surface area contributed by atoms with Crippen LogP contribution in [-0.2, 0) is 19.1 Å². The molecular weight excluding hydrogens is 244 g/mol. The zero-order chi connectivity index (χ0) is 14.7. The van der Waals surface area contributed by atoms with Gasteiger partial charge in [-0.25, -0.2) is 0 Å². The highest BCUT2D eigenvalue weighted by atomic mass is 16.5. The zero-order valence-corrected chi connectivity index (χ0v) is 12.7. The summed E-state index contributed by atoms with van der Waals surface area (Å²) in [6.45, 7) is 8.61. The fourth-order valence-corrected chi connectivity index (χ4v) is 1.73.